The number of hydrogen-bond acceptors (Lipinski definition) is 4. The SMILES string of the molecule is CCCNC(=O)C(C)(C)C(=O)N1CCN(C(=O)OCC)CC1. The van der Waals surface area contributed by atoms with Gasteiger partial charge in [0.2, 0.25) is 11.8 Å². The summed E-state index contributed by atoms with van der Waals surface area (Å²) in [6.07, 6.45) is 0.475. The average molecular weight is 313 g/mol. The molecule has 7 heteroatoms. The molecule has 0 aromatic heterocycles. The smallest absolute Gasteiger partial charge is 0.409 e. The summed E-state index contributed by atoms with van der Waals surface area (Å²) >= 11 is 0. The minimum absolute atomic E-state index is 0.204. The summed E-state index contributed by atoms with van der Waals surface area (Å²) in [5.74, 6) is -0.461. The highest BCUT2D eigenvalue weighted by atomic mass is 16.6. The summed E-state index contributed by atoms with van der Waals surface area (Å²) in [4.78, 5) is 39.5. The molecule has 0 unspecified atom stereocenters. The number of amides is 3. The molecule has 1 aliphatic heterocycles. The fourth-order valence-electron chi connectivity index (χ4n) is 2.26. The maximum atomic E-state index is 12.6. The van der Waals surface area contributed by atoms with E-state index in [1.54, 1.807) is 30.6 Å². The van der Waals surface area contributed by atoms with Gasteiger partial charge in [0.1, 0.15) is 5.41 Å². The number of carbonyl (C=O) groups is 3. The maximum absolute atomic E-state index is 12.6. The van der Waals surface area contributed by atoms with Crippen molar-refractivity contribution in [3.05, 3.63) is 0 Å². The number of ether oxygens (including phenoxy) is 1. The number of piperazine rings is 1. The van der Waals surface area contributed by atoms with Crippen molar-refractivity contribution < 1.29 is 19.1 Å². The van der Waals surface area contributed by atoms with Gasteiger partial charge >= 0.3 is 6.09 Å². The van der Waals surface area contributed by atoms with Crippen molar-refractivity contribution in [2.45, 2.75) is 34.1 Å². The number of rotatable bonds is 5. The molecule has 0 atom stereocenters. The first kappa shape index (κ1) is 18.3. The first-order valence-corrected chi connectivity index (χ1v) is 7.84. The third-order valence-electron chi connectivity index (χ3n) is 3.73. The largest absolute Gasteiger partial charge is 0.450 e. The first-order chi connectivity index (χ1) is 10.3. The molecule has 0 saturated carbocycles. The van der Waals surface area contributed by atoms with E-state index in [-0.39, 0.29) is 17.9 Å². The van der Waals surface area contributed by atoms with E-state index in [0.29, 0.717) is 39.3 Å². The van der Waals surface area contributed by atoms with Crippen LogP contribution in [0.1, 0.15) is 34.1 Å². The summed E-state index contributed by atoms with van der Waals surface area (Å²) in [5.41, 5.74) is -1.10. The molecule has 3 amide bonds. The van der Waals surface area contributed by atoms with Crippen LogP contribution in [0.4, 0.5) is 4.79 Å². The predicted octanol–water partition coefficient (Wildman–Crippen LogP) is 0.839. The lowest BCUT2D eigenvalue weighted by Gasteiger charge is -2.37. The maximum Gasteiger partial charge on any atom is 0.409 e. The van der Waals surface area contributed by atoms with Crippen molar-refractivity contribution in [3.63, 3.8) is 0 Å². The molecule has 7 nitrogen and oxygen atoms in total. The first-order valence-electron chi connectivity index (χ1n) is 7.84. The van der Waals surface area contributed by atoms with Crippen LogP contribution >= 0.6 is 0 Å². The van der Waals surface area contributed by atoms with Gasteiger partial charge in [-0.2, -0.15) is 0 Å². The predicted molar refractivity (Wildman–Crippen MR) is 82.3 cm³/mol. The van der Waals surface area contributed by atoms with Gasteiger partial charge in [0.25, 0.3) is 0 Å². The number of carbonyl (C=O) groups excluding carboxylic acids is 3. The van der Waals surface area contributed by atoms with Gasteiger partial charge in [-0.1, -0.05) is 6.92 Å². The molecule has 22 heavy (non-hydrogen) atoms. The minimum Gasteiger partial charge on any atom is -0.450 e. The molecule has 1 fully saturated rings. The second kappa shape index (κ2) is 8.00. The quantitative estimate of drug-likeness (QED) is 0.763. The van der Waals surface area contributed by atoms with Gasteiger partial charge in [-0.05, 0) is 27.2 Å². The number of nitrogens with one attached hydrogen (secondary N) is 1. The van der Waals surface area contributed by atoms with Crippen LogP contribution in [-0.4, -0.2) is 67.0 Å². The van der Waals surface area contributed by atoms with Crippen LogP contribution in [0.2, 0.25) is 0 Å². The van der Waals surface area contributed by atoms with Crippen LogP contribution < -0.4 is 5.32 Å². The van der Waals surface area contributed by atoms with Crippen LogP contribution in [0.25, 0.3) is 0 Å². The standard InChI is InChI=1S/C15H27N3O4/c1-5-7-16-12(19)15(3,4)13(20)17-8-10-18(11-9-17)14(21)22-6-2/h5-11H2,1-4H3,(H,16,19). The fourth-order valence-corrected chi connectivity index (χ4v) is 2.26. The minimum atomic E-state index is -1.10. The summed E-state index contributed by atoms with van der Waals surface area (Å²) in [7, 11) is 0. The summed E-state index contributed by atoms with van der Waals surface area (Å²) < 4.78 is 4.95. The third-order valence-corrected chi connectivity index (χ3v) is 3.73. The van der Waals surface area contributed by atoms with Gasteiger partial charge < -0.3 is 19.9 Å². The molecule has 0 spiro atoms. The third kappa shape index (κ3) is 4.35. The van der Waals surface area contributed by atoms with Gasteiger partial charge in [-0.25, -0.2) is 4.79 Å². The zero-order valence-corrected chi connectivity index (χ0v) is 14.0. The number of hydrogen-bond donors (Lipinski definition) is 1. The summed E-state index contributed by atoms with van der Waals surface area (Å²) in [6, 6.07) is 0. The van der Waals surface area contributed by atoms with Gasteiger partial charge in [0.15, 0.2) is 0 Å². The van der Waals surface area contributed by atoms with Crippen LogP contribution in [0, 0.1) is 5.41 Å². The molecule has 1 saturated heterocycles. The monoisotopic (exact) mass is 313 g/mol. The fraction of sp³-hybridized carbons (Fsp3) is 0.800. The average Bonchev–Trinajstić information content (AvgIpc) is 2.52. The van der Waals surface area contributed by atoms with Crippen LogP contribution in [0.3, 0.4) is 0 Å². The van der Waals surface area contributed by atoms with E-state index in [2.05, 4.69) is 5.32 Å². The lowest BCUT2D eigenvalue weighted by molar-refractivity contribution is -0.149. The molecule has 126 valence electrons. The molecule has 1 N–H and O–H groups in total. The van der Waals surface area contributed by atoms with Crippen molar-refractivity contribution in [2.24, 2.45) is 5.41 Å². The molecule has 0 aliphatic carbocycles. The molecule has 1 rings (SSSR count). The lowest BCUT2D eigenvalue weighted by atomic mass is 9.90. The highest BCUT2D eigenvalue weighted by Crippen LogP contribution is 2.20. The second-order valence-electron chi connectivity index (χ2n) is 5.86. The van der Waals surface area contributed by atoms with E-state index in [4.69, 9.17) is 4.74 Å². The molecule has 1 aliphatic rings. The summed E-state index contributed by atoms with van der Waals surface area (Å²) in [6.45, 7) is 9.59. The Morgan fingerprint density at radius 3 is 2.09 bits per heavy atom. The molecular formula is C15H27N3O4. The Hall–Kier alpha value is -1.79. The molecule has 0 radical (unpaired) electrons. The normalized spacial score (nSPS) is 15.5. The molecule has 0 aromatic carbocycles. The van der Waals surface area contributed by atoms with E-state index in [1.165, 1.54) is 0 Å². The Bertz CT molecular complexity index is 415. The highest BCUT2D eigenvalue weighted by molar-refractivity contribution is 6.04. The molecule has 0 bridgehead atoms. The zero-order valence-electron chi connectivity index (χ0n) is 14.0. The Morgan fingerprint density at radius 1 is 1.05 bits per heavy atom. The van der Waals surface area contributed by atoms with Crippen molar-refractivity contribution in [1.29, 1.82) is 0 Å². The van der Waals surface area contributed by atoms with Gasteiger partial charge in [0.05, 0.1) is 6.61 Å². The van der Waals surface area contributed by atoms with E-state index >= 15 is 0 Å². The topological polar surface area (TPSA) is 79.0 Å². The van der Waals surface area contributed by atoms with Crippen LogP contribution in [-0.2, 0) is 14.3 Å². The molecular weight excluding hydrogens is 286 g/mol. The van der Waals surface area contributed by atoms with Crippen LogP contribution in [0.15, 0.2) is 0 Å². The molecule has 1 heterocycles. The van der Waals surface area contributed by atoms with E-state index in [0.717, 1.165) is 6.42 Å². The Morgan fingerprint density at radius 2 is 1.59 bits per heavy atom. The lowest BCUT2D eigenvalue weighted by Crippen LogP contribution is -2.56. The van der Waals surface area contributed by atoms with Gasteiger partial charge in [-0.15, -0.1) is 0 Å². The van der Waals surface area contributed by atoms with Crippen molar-refractivity contribution in [1.82, 2.24) is 15.1 Å². The van der Waals surface area contributed by atoms with Crippen molar-refractivity contribution in [3.8, 4) is 0 Å². The highest BCUT2D eigenvalue weighted by Gasteiger charge is 2.40. The van der Waals surface area contributed by atoms with Crippen molar-refractivity contribution >= 4 is 17.9 Å². The number of nitrogens with zero attached hydrogens (tertiary/aromatic N) is 2. The Kier molecular flexibility index (Phi) is 6.64. The Labute approximate surface area is 132 Å². The zero-order chi connectivity index (χ0) is 16.8. The summed E-state index contributed by atoms with van der Waals surface area (Å²) in [5, 5.41) is 2.77. The van der Waals surface area contributed by atoms with Crippen molar-refractivity contribution in [2.75, 3.05) is 39.3 Å². The van der Waals surface area contributed by atoms with E-state index < -0.39 is 5.41 Å². The van der Waals surface area contributed by atoms with E-state index in [1.807, 2.05) is 6.92 Å². The molecule has 0 aromatic rings. The van der Waals surface area contributed by atoms with E-state index in [9.17, 15) is 14.4 Å². The van der Waals surface area contributed by atoms with Crippen LogP contribution in [0.5, 0.6) is 0 Å². The van der Waals surface area contributed by atoms with Gasteiger partial charge in [0, 0.05) is 32.7 Å². The second-order valence-corrected chi connectivity index (χ2v) is 5.86. The Balaban J connectivity index is 2.57. The van der Waals surface area contributed by atoms with Gasteiger partial charge in [-0.3, -0.25) is 9.59 Å².